The van der Waals surface area contributed by atoms with E-state index in [1.165, 1.54) is 0 Å². The Labute approximate surface area is 149 Å². The monoisotopic (exact) mass is 358 g/mol. The minimum absolute atomic E-state index is 0.301. The summed E-state index contributed by atoms with van der Waals surface area (Å²) >= 11 is 0. The van der Waals surface area contributed by atoms with E-state index >= 15 is 0 Å². The minimum Gasteiger partial charge on any atom is -0.441 e. The number of likely N-dealkylation sites (tertiary alicyclic amines) is 1. The number of ether oxygens (including phenoxy) is 1. The Morgan fingerprint density at radius 1 is 1.08 bits per heavy atom. The van der Waals surface area contributed by atoms with Gasteiger partial charge in [-0.2, -0.15) is 0 Å². The van der Waals surface area contributed by atoms with Crippen LogP contribution in [0.5, 0.6) is 0 Å². The quantitative estimate of drug-likeness (QED) is 0.462. The number of furan rings is 1. The number of esters is 1. The number of hydrogen-bond donors (Lipinski definition) is 0. The number of benzene rings is 1. The van der Waals surface area contributed by atoms with Crippen molar-refractivity contribution in [1.82, 2.24) is 4.90 Å². The van der Waals surface area contributed by atoms with Gasteiger partial charge in [0.1, 0.15) is 4.92 Å². The third-order valence-electron chi connectivity index (χ3n) is 4.19. The molecule has 0 spiro atoms. The van der Waals surface area contributed by atoms with Crippen LogP contribution in [0.15, 0.2) is 46.9 Å². The first-order valence-electron chi connectivity index (χ1n) is 8.35. The van der Waals surface area contributed by atoms with Crippen molar-refractivity contribution in [3.8, 4) is 0 Å². The van der Waals surface area contributed by atoms with Crippen LogP contribution < -0.4 is 0 Å². The van der Waals surface area contributed by atoms with Crippen LogP contribution in [0.4, 0.5) is 5.88 Å². The zero-order chi connectivity index (χ0) is 18.5. The Kier molecular flexibility index (Phi) is 5.31. The van der Waals surface area contributed by atoms with E-state index in [9.17, 15) is 19.7 Å². The van der Waals surface area contributed by atoms with Crippen molar-refractivity contribution in [3.05, 3.63) is 63.9 Å². The highest BCUT2D eigenvalue weighted by Gasteiger charge is 2.31. The maximum atomic E-state index is 12.9. The molecule has 0 saturated carbocycles. The molecule has 0 N–H and O–H groups in total. The van der Waals surface area contributed by atoms with Crippen LogP contribution in [-0.2, 0) is 9.53 Å². The average Bonchev–Trinajstić information content (AvgIpc) is 3.17. The van der Waals surface area contributed by atoms with Crippen molar-refractivity contribution in [2.45, 2.75) is 25.4 Å². The van der Waals surface area contributed by atoms with Gasteiger partial charge in [0.15, 0.2) is 0 Å². The van der Waals surface area contributed by atoms with E-state index in [1.54, 1.807) is 35.2 Å². The number of carbonyl (C=O) groups is 2. The predicted octanol–water partition coefficient (Wildman–Crippen LogP) is 3.10. The molecule has 0 bridgehead atoms. The summed E-state index contributed by atoms with van der Waals surface area (Å²) in [6, 6.07) is 10.9. The zero-order valence-electron chi connectivity index (χ0n) is 14.0. The molecule has 0 radical (unpaired) electrons. The highest BCUT2D eigenvalue weighted by atomic mass is 16.7. The molecule has 1 aliphatic heterocycles. The molecule has 26 heavy (non-hydrogen) atoms. The maximum absolute atomic E-state index is 12.9. The summed E-state index contributed by atoms with van der Waals surface area (Å²) in [5.74, 6) is -2.10. The standard InChI is InChI=1S/C18H18N2O6/c21-17(19-11-5-2-6-12-19)16(13-7-3-1-4-8-13)26-18(22)14-9-10-15(25-14)20(23)24/h1,3-4,7-10,16H,2,5-6,11-12H2. The highest BCUT2D eigenvalue weighted by Crippen LogP contribution is 2.25. The lowest BCUT2D eigenvalue weighted by atomic mass is 10.1. The molecular weight excluding hydrogens is 340 g/mol. The normalized spacial score (nSPS) is 15.3. The second-order valence-corrected chi connectivity index (χ2v) is 5.98. The van der Waals surface area contributed by atoms with Gasteiger partial charge in [0, 0.05) is 18.7 Å². The lowest BCUT2D eigenvalue weighted by molar-refractivity contribution is -0.402. The molecule has 1 amide bonds. The van der Waals surface area contributed by atoms with Crippen LogP contribution in [-0.4, -0.2) is 34.8 Å². The zero-order valence-corrected chi connectivity index (χ0v) is 14.0. The largest absolute Gasteiger partial charge is 0.441 e. The van der Waals surface area contributed by atoms with Crippen LogP contribution in [0.1, 0.15) is 41.5 Å². The summed E-state index contributed by atoms with van der Waals surface area (Å²) < 4.78 is 10.3. The van der Waals surface area contributed by atoms with Crippen molar-refractivity contribution in [2.75, 3.05) is 13.1 Å². The van der Waals surface area contributed by atoms with Gasteiger partial charge >= 0.3 is 11.9 Å². The fourth-order valence-corrected chi connectivity index (χ4v) is 2.87. The fourth-order valence-electron chi connectivity index (χ4n) is 2.87. The molecule has 2 aromatic rings. The van der Waals surface area contributed by atoms with Crippen LogP contribution in [0, 0.1) is 10.1 Å². The molecule has 0 aliphatic carbocycles. The van der Waals surface area contributed by atoms with Crippen molar-refractivity contribution < 1.29 is 23.7 Å². The topological polar surface area (TPSA) is 103 Å². The fraction of sp³-hybridized carbons (Fsp3) is 0.333. The second kappa shape index (κ2) is 7.81. The van der Waals surface area contributed by atoms with E-state index in [0.717, 1.165) is 31.4 Å². The van der Waals surface area contributed by atoms with Gasteiger partial charge in [0.2, 0.25) is 11.9 Å². The van der Waals surface area contributed by atoms with E-state index in [0.29, 0.717) is 18.7 Å². The van der Waals surface area contributed by atoms with Crippen LogP contribution >= 0.6 is 0 Å². The van der Waals surface area contributed by atoms with Gasteiger partial charge in [0.25, 0.3) is 5.91 Å². The molecule has 3 rings (SSSR count). The molecule has 136 valence electrons. The second-order valence-electron chi connectivity index (χ2n) is 5.98. The Morgan fingerprint density at radius 3 is 2.38 bits per heavy atom. The van der Waals surface area contributed by atoms with E-state index in [1.807, 2.05) is 0 Å². The molecule has 1 aromatic carbocycles. The molecule has 8 nitrogen and oxygen atoms in total. The van der Waals surface area contributed by atoms with Crippen LogP contribution in [0.25, 0.3) is 0 Å². The first kappa shape index (κ1) is 17.7. The van der Waals surface area contributed by atoms with Gasteiger partial charge in [-0.15, -0.1) is 0 Å². The summed E-state index contributed by atoms with van der Waals surface area (Å²) in [4.78, 5) is 36.9. The maximum Gasteiger partial charge on any atom is 0.433 e. The first-order chi connectivity index (χ1) is 12.6. The van der Waals surface area contributed by atoms with Crippen molar-refractivity contribution >= 4 is 17.8 Å². The molecule has 1 aliphatic rings. The SMILES string of the molecule is O=C(OC(C(=O)N1CCCCC1)c1ccccc1)c1ccc([N+](=O)[O-])o1. The number of hydrogen-bond acceptors (Lipinski definition) is 6. The number of nitrogens with zero attached hydrogens (tertiary/aromatic N) is 2. The Balaban J connectivity index is 1.82. The average molecular weight is 358 g/mol. The number of carbonyl (C=O) groups excluding carboxylic acids is 2. The lowest BCUT2D eigenvalue weighted by Crippen LogP contribution is -2.40. The van der Waals surface area contributed by atoms with Gasteiger partial charge in [-0.25, -0.2) is 4.79 Å². The minimum atomic E-state index is -1.12. The van der Waals surface area contributed by atoms with E-state index in [-0.39, 0.29) is 11.7 Å². The number of rotatable bonds is 5. The summed E-state index contributed by atoms with van der Waals surface area (Å²) in [6.45, 7) is 1.23. The molecule has 2 heterocycles. The predicted molar refractivity (Wildman–Crippen MR) is 90.4 cm³/mol. The van der Waals surface area contributed by atoms with Crippen molar-refractivity contribution in [2.24, 2.45) is 0 Å². The number of amides is 1. The Hall–Kier alpha value is -3.16. The molecule has 1 aromatic heterocycles. The van der Waals surface area contributed by atoms with E-state index in [4.69, 9.17) is 9.15 Å². The van der Waals surface area contributed by atoms with Gasteiger partial charge in [-0.1, -0.05) is 30.3 Å². The molecule has 8 heteroatoms. The summed E-state index contributed by atoms with van der Waals surface area (Å²) in [6.07, 6.45) is 1.76. The van der Waals surface area contributed by atoms with Crippen molar-refractivity contribution in [3.63, 3.8) is 0 Å². The summed E-state index contributed by atoms with van der Waals surface area (Å²) in [5, 5.41) is 10.7. The van der Waals surface area contributed by atoms with Gasteiger partial charge in [-0.05, 0) is 25.3 Å². The summed E-state index contributed by atoms with van der Waals surface area (Å²) in [5.41, 5.74) is 0.539. The van der Waals surface area contributed by atoms with E-state index < -0.39 is 22.9 Å². The third kappa shape index (κ3) is 3.90. The number of piperidine rings is 1. The highest BCUT2D eigenvalue weighted by molar-refractivity contribution is 5.91. The Bertz CT molecular complexity index is 795. The first-order valence-corrected chi connectivity index (χ1v) is 8.35. The van der Waals surface area contributed by atoms with Gasteiger partial charge in [-0.3, -0.25) is 14.9 Å². The van der Waals surface area contributed by atoms with Crippen molar-refractivity contribution in [1.29, 1.82) is 0 Å². The molecular formula is C18H18N2O6. The lowest BCUT2D eigenvalue weighted by Gasteiger charge is -2.30. The molecule has 1 unspecified atom stereocenters. The van der Waals surface area contributed by atoms with Crippen LogP contribution in [0.3, 0.4) is 0 Å². The molecule has 1 fully saturated rings. The number of nitro groups is 1. The summed E-state index contributed by atoms with van der Waals surface area (Å²) in [7, 11) is 0. The van der Waals surface area contributed by atoms with Gasteiger partial charge < -0.3 is 14.1 Å². The van der Waals surface area contributed by atoms with Gasteiger partial charge in [0.05, 0.1) is 6.07 Å². The Morgan fingerprint density at radius 2 is 1.77 bits per heavy atom. The third-order valence-corrected chi connectivity index (χ3v) is 4.19. The molecule has 1 atom stereocenters. The van der Waals surface area contributed by atoms with Crippen LogP contribution in [0.2, 0.25) is 0 Å². The smallest absolute Gasteiger partial charge is 0.433 e. The van der Waals surface area contributed by atoms with E-state index in [2.05, 4.69) is 0 Å². The molecule has 1 saturated heterocycles.